The molecule has 0 amide bonds. The van der Waals surface area contributed by atoms with Crippen LogP contribution in [-0.4, -0.2) is 0 Å². The van der Waals surface area contributed by atoms with Crippen LogP contribution >= 0.6 is 0 Å². The summed E-state index contributed by atoms with van der Waals surface area (Å²) in [5.74, 6) is 0. The molecule has 0 saturated carbocycles. The molecule has 0 aromatic heterocycles. The summed E-state index contributed by atoms with van der Waals surface area (Å²) in [5, 5.41) is 0. The second-order valence-corrected chi connectivity index (χ2v) is 2.68. The first kappa shape index (κ1) is 16.1. The fourth-order valence-electron chi connectivity index (χ4n) is 1.18. The summed E-state index contributed by atoms with van der Waals surface area (Å²) in [4.78, 5) is 0. The van der Waals surface area contributed by atoms with Crippen molar-refractivity contribution in [2.75, 3.05) is 0 Å². The van der Waals surface area contributed by atoms with E-state index in [9.17, 15) is 0 Å². The predicted molar refractivity (Wildman–Crippen MR) is 73.0 cm³/mol. The van der Waals surface area contributed by atoms with Gasteiger partial charge in [-0.1, -0.05) is 50.8 Å². The van der Waals surface area contributed by atoms with E-state index in [1.165, 1.54) is 5.57 Å². The van der Waals surface area contributed by atoms with Gasteiger partial charge in [0.15, 0.2) is 0 Å². The Balaban J connectivity index is 0. The molecule has 15 heavy (non-hydrogen) atoms. The largest absolute Gasteiger partial charge is 0.106 e. The fourth-order valence-corrected chi connectivity index (χ4v) is 1.18. The maximum Gasteiger partial charge on any atom is -0.0238 e. The molecule has 0 nitrogen and oxygen atoms in total. The fraction of sp³-hybridized carbons (Fsp3) is 0.333. The molecular weight excluding hydrogens is 180 g/mol. The summed E-state index contributed by atoms with van der Waals surface area (Å²) < 4.78 is 0. The second-order valence-electron chi connectivity index (χ2n) is 2.68. The van der Waals surface area contributed by atoms with Crippen molar-refractivity contribution in [2.24, 2.45) is 0 Å². The van der Waals surface area contributed by atoms with Crippen molar-refractivity contribution in [1.82, 2.24) is 0 Å². The minimum absolute atomic E-state index is 1.14. The van der Waals surface area contributed by atoms with E-state index in [0.717, 1.165) is 18.4 Å². The van der Waals surface area contributed by atoms with E-state index in [2.05, 4.69) is 44.0 Å². The summed E-state index contributed by atoms with van der Waals surface area (Å²) in [5.41, 5.74) is 2.52. The van der Waals surface area contributed by atoms with Crippen LogP contribution in [-0.2, 0) is 0 Å². The quantitative estimate of drug-likeness (QED) is 0.427. The molecule has 0 bridgehead atoms. The molecule has 1 aliphatic carbocycles. The lowest BCUT2D eigenvalue weighted by Gasteiger charge is -2.07. The number of rotatable bonds is 2. The smallest absolute Gasteiger partial charge is 0.0238 e. The first-order valence-corrected chi connectivity index (χ1v) is 5.52. The SMILES string of the molecule is C=C.C=C(/C=C\C)C1=CC=CCC1.CC. The van der Waals surface area contributed by atoms with E-state index in [1.807, 2.05) is 26.8 Å². The van der Waals surface area contributed by atoms with Crippen LogP contribution in [0.4, 0.5) is 0 Å². The zero-order valence-corrected chi connectivity index (χ0v) is 10.4. The van der Waals surface area contributed by atoms with Crippen molar-refractivity contribution < 1.29 is 0 Å². The Bertz CT molecular complexity index is 239. The van der Waals surface area contributed by atoms with Crippen LogP contribution in [0.1, 0.15) is 33.6 Å². The molecule has 1 rings (SSSR count). The Labute approximate surface area is 95.4 Å². The normalized spacial score (nSPS) is 13.1. The van der Waals surface area contributed by atoms with Crippen LogP contribution in [0.5, 0.6) is 0 Å². The summed E-state index contributed by atoms with van der Waals surface area (Å²) >= 11 is 0. The molecule has 0 heteroatoms. The number of hydrogen-bond donors (Lipinski definition) is 0. The molecule has 1 aliphatic rings. The van der Waals surface area contributed by atoms with Crippen molar-refractivity contribution in [3.8, 4) is 0 Å². The van der Waals surface area contributed by atoms with Gasteiger partial charge in [0, 0.05) is 0 Å². The van der Waals surface area contributed by atoms with Gasteiger partial charge in [0.05, 0.1) is 0 Å². The minimum atomic E-state index is 1.14. The summed E-state index contributed by atoms with van der Waals surface area (Å²) in [6, 6.07) is 0. The highest BCUT2D eigenvalue weighted by molar-refractivity contribution is 5.40. The summed E-state index contributed by atoms with van der Waals surface area (Å²) in [6.07, 6.45) is 12.8. The molecule has 0 spiro atoms. The molecule has 0 aromatic rings. The average molecular weight is 204 g/mol. The first-order valence-electron chi connectivity index (χ1n) is 5.52. The van der Waals surface area contributed by atoms with Gasteiger partial charge in [-0.3, -0.25) is 0 Å². The third-order valence-corrected chi connectivity index (χ3v) is 1.79. The molecule has 84 valence electrons. The highest BCUT2D eigenvalue weighted by Gasteiger charge is 1.99. The molecule has 0 aliphatic heterocycles. The van der Waals surface area contributed by atoms with Gasteiger partial charge in [0.25, 0.3) is 0 Å². The van der Waals surface area contributed by atoms with Crippen LogP contribution in [0.2, 0.25) is 0 Å². The second kappa shape index (κ2) is 12.7. The minimum Gasteiger partial charge on any atom is -0.106 e. The highest BCUT2D eigenvalue weighted by atomic mass is 14.0. The van der Waals surface area contributed by atoms with Gasteiger partial charge < -0.3 is 0 Å². The van der Waals surface area contributed by atoms with Gasteiger partial charge in [-0.15, -0.1) is 13.2 Å². The van der Waals surface area contributed by atoms with Gasteiger partial charge in [-0.25, -0.2) is 0 Å². The Kier molecular flexibility index (Phi) is 13.7. The highest BCUT2D eigenvalue weighted by Crippen LogP contribution is 2.19. The van der Waals surface area contributed by atoms with E-state index in [-0.39, 0.29) is 0 Å². The van der Waals surface area contributed by atoms with E-state index in [0.29, 0.717) is 0 Å². The lowest BCUT2D eigenvalue weighted by molar-refractivity contribution is 0.979. The van der Waals surface area contributed by atoms with Crippen LogP contribution < -0.4 is 0 Å². The van der Waals surface area contributed by atoms with Gasteiger partial charge >= 0.3 is 0 Å². The lowest BCUT2D eigenvalue weighted by atomic mass is 9.98. The zero-order chi connectivity index (χ0) is 12.1. The topological polar surface area (TPSA) is 0 Å². The lowest BCUT2D eigenvalue weighted by Crippen LogP contribution is -1.88. The molecule has 0 unspecified atom stereocenters. The van der Waals surface area contributed by atoms with Gasteiger partial charge in [-0.2, -0.15) is 0 Å². The average Bonchev–Trinajstić information content (AvgIpc) is 2.36. The Morgan fingerprint density at radius 2 is 1.93 bits per heavy atom. The molecule has 0 atom stereocenters. The van der Waals surface area contributed by atoms with Crippen LogP contribution in [0, 0.1) is 0 Å². The predicted octanol–water partition coefficient (Wildman–Crippen LogP) is 5.22. The maximum absolute atomic E-state index is 3.98. The third kappa shape index (κ3) is 7.75. The molecule has 0 radical (unpaired) electrons. The van der Waals surface area contributed by atoms with Crippen molar-refractivity contribution in [3.05, 3.63) is 61.3 Å². The summed E-state index contributed by atoms with van der Waals surface area (Å²) in [6.45, 7) is 16.0. The van der Waals surface area contributed by atoms with Crippen LogP contribution in [0.25, 0.3) is 0 Å². The third-order valence-electron chi connectivity index (χ3n) is 1.79. The zero-order valence-electron chi connectivity index (χ0n) is 10.4. The van der Waals surface area contributed by atoms with Crippen LogP contribution in [0.15, 0.2) is 61.3 Å². The van der Waals surface area contributed by atoms with Crippen molar-refractivity contribution in [1.29, 1.82) is 0 Å². The van der Waals surface area contributed by atoms with Gasteiger partial charge in [0.1, 0.15) is 0 Å². The van der Waals surface area contributed by atoms with Gasteiger partial charge in [0.2, 0.25) is 0 Å². The Hall–Kier alpha value is -1.30. The Morgan fingerprint density at radius 1 is 1.33 bits per heavy atom. The van der Waals surface area contributed by atoms with E-state index >= 15 is 0 Å². The monoisotopic (exact) mass is 204 g/mol. The maximum atomic E-state index is 3.98. The van der Waals surface area contributed by atoms with Gasteiger partial charge in [-0.05, 0) is 30.9 Å². The van der Waals surface area contributed by atoms with Crippen molar-refractivity contribution >= 4 is 0 Å². The van der Waals surface area contributed by atoms with E-state index in [4.69, 9.17) is 0 Å². The van der Waals surface area contributed by atoms with Crippen molar-refractivity contribution in [3.63, 3.8) is 0 Å². The number of hydrogen-bond acceptors (Lipinski definition) is 0. The summed E-state index contributed by atoms with van der Waals surface area (Å²) in [7, 11) is 0. The first-order chi connectivity index (χ1) is 7.34. The molecule has 0 heterocycles. The standard InChI is InChI=1S/C11H14.C2H6.C2H4/c1-3-7-10(2)11-8-5-4-6-9-11;2*1-2/h3-5,7-8H,2,6,9H2,1H3;1-2H3;1-2H2/b7-3-;;. The van der Waals surface area contributed by atoms with Crippen LogP contribution in [0.3, 0.4) is 0 Å². The molecule has 0 N–H and O–H groups in total. The molecule has 0 aromatic carbocycles. The Morgan fingerprint density at radius 3 is 2.33 bits per heavy atom. The number of allylic oxidation sites excluding steroid dienone is 7. The molecular formula is C15H24. The van der Waals surface area contributed by atoms with Crippen molar-refractivity contribution in [2.45, 2.75) is 33.6 Å². The molecule has 0 saturated heterocycles. The van der Waals surface area contributed by atoms with E-state index < -0.39 is 0 Å². The van der Waals surface area contributed by atoms with E-state index in [1.54, 1.807) is 0 Å². The molecule has 0 fully saturated rings.